The Balaban J connectivity index is 2.64. The molecule has 0 bridgehead atoms. The highest BCUT2D eigenvalue weighted by atomic mass is 79.9. The summed E-state index contributed by atoms with van der Waals surface area (Å²) in [5, 5.41) is 11.5. The van der Waals surface area contributed by atoms with Gasteiger partial charge in [0.15, 0.2) is 0 Å². The van der Waals surface area contributed by atoms with Crippen LogP contribution in [-0.2, 0) is 6.54 Å². The molecule has 2 aromatic rings. The second kappa shape index (κ2) is 3.47. The highest BCUT2D eigenvalue weighted by Gasteiger charge is 2.06. The molecule has 0 amide bonds. The molecular formula is C9H10BrN3. The SMILES string of the molecule is CNCc1[nH]nc2cccc(Br)c12. The maximum Gasteiger partial charge on any atom is 0.0935 e. The molecule has 3 nitrogen and oxygen atoms in total. The molecule has 0 radical (unpaired) electrons. The predicted octanol–water partition coefficient (Wildman–Crippen LogP) is 2.04. The third-order valence-corrected chi connectivity index (χ3v) is 2.62. The molecule has 0 aliphatic rings. The lowest BCUT2D eigenvalue weighted by molar-refractivity contribution is 0.789. The summed E-state index contributed by atoms with van der Waals surface area (Å²) >= 11 is 3.51. The summed E-state index contributed by atoms with van der Waals surface area (Å²) in [6.07, 6.45) is 0. The van der Waals surface area contributed by atoms with Gasteiger partial charge in [-0.25, -0.2) is 0 Å². The fourth-order valence-corrected chi connectivity index (χ4v) is 1.99. The molecule has 0 aliphatic carbocycles. The van der Waals surface area contributed by atoms with Crippen LogP contribution in [0.2, 0.25) is 0 Å². The van der Waals surface area contributed by atoms with Crippen molar-refractivity contribution >= 4 is 26.8 Å². The van der Waals surface area contributed by atoms with Crippen LogP contribution in [0.3, 0.4) is 0 Å². The fraction of sp³-hybridized carbons (Fsp3) is 0.222. The van der Waals surface area contributed by atoms with Gasteiger partial charge in [-0.2, -0.15) is 5.10 Å². The summed E-state index contributed by atoms with van der Waals surface area (Å²) < 4.78 is 1.09. The number of fused-ring (bicyclic) bond motifs is 1. The van der Waals surface area contributed by atoms with Gasteiger partial charge >= 0.3 is 0 Å². The lowest BCUT2D eigenvalue weighted by atomic mass is 10.2. The largest absolute Gasteiger partial charge is 0.314 e. The number of halogens is 1. The highest BCUT2D eigenvalue weighted by Crippen LogP contribution is 2.24. The molecule has 1 aromatic carbocycles. The molecule has 1 heterocycles. The van der Waals surface area contributed by atoms with Crippen LogP contribution >= 0.6 is 15.9 Å². The Hall–Kier alpha value is -0.870. The number of H-pyrrole nitrogens is 1. The van der Waals surface area contributed by atoms with E-state index in [1.54, 1.807) is 0 Å². The van der Waals surface area contributed by atoms with E-state index < -0.39 is 0 Å². The van der Waals surface area contributed by atoms with Crippen molar-refractivity contribution in [1.29, 1.82) is 0 Å². The predicted molar refractivity (Wildman–Crippen MR) is 56.6 cm³/mol. The second-order valence-corrected chi connectivity index (χ2v) is 3.72. The van der Waals surface area contributed by atoms with E-state index in [4.69, 9.17) is 0 Å². The Kier molecular flexibility index (Phi) is 2.33. The zero-order valence-corrected chi connectivity index (χ0v) is 8.85. The molecule has 0 unspecified atom stereocenters. The molecule has 2 N–H and O–H groups in total. The van der Waals surface area contributed by atoms with E-state index in [-0.39, 0.29) is 0 Å². The van der Waals surface area contributed by atoms with Gasteiger partial charge in [0.1, 0.15) is 0 Å². The first kappa shape index (κ1) is 8.72. The van der Waals surface area contributed by atoms with Crippen molar-refractivity contribution in [3.8, 4) is 0 Å². The van der Waals surface area contributed by atoms with E-state index in [0.717, 1.165) is 27.6 Å². The average Bonchev–Trinajstić information content (AvgIpc) is 2.51. The van der Waals surface area contributed by atoms with Crippen molar-refractivity contribution in [2.45, 2.75) is 6.54 Å². The molecule has 68 valence electrons. The van der Waals surface area contributed by atoms with Crippen LogP contribution in [0.4, 0.5) is 0 Å². The Bertz CT molecular complexity index is 422. The number of nitrogens with one attached hydrogen (secondary N) is 2. The van der Waals surface area contributed by atoms with E-state index in [1.165, 1.54) is 0 Å². The van der Waals surface area contributed by atoms with E-state index in [0.29, 0.717) is 0 Å². The average molecular weight is 240 g/mol. The Labute approximate surface area is 84.7 Å². The standard InChI is InChI=1S/C9H10BrN3/c1-11-5-8-9-6(10)3-2-4-7(9)12-13-8/h2-4,11H,5H2,1H3,(H,12,13). The maximum atomic E-state index is 4.20. The van der Waals surface area contributed by atoms with Gasteiger partial charge in [0.05, 0.1) is 11.2 Å². The van der Waals surface area contributed by atoms with Gasteiger partial charge in [0.25, 0.3) is 0 Å². The molecule has 4 heteroatoms. The first-order valence-corrected chi connectivity index (χ1v) is 4.88. The summed E-state index contributed by atoms with van der Waals surface area (Å²) in [6, 6.07) is 6.00. The van der Waals surface area contributed by atoms with Crippen molar-refractivity contribution in [1.82, 2.24) is 15.5 Å². The molecule has 0 aliphatic heterocycles. The number of rotatable bonds is 2. The number of aromatic nitrogens is 2. The van der Waals surface area contributed by atoms with Crippen LogP contribution in [0.15, 0.2) is 22.7 Å². The minimum atomic E-state index is 0.805. The van der Waals surface area contributed by atoms with E-state index in [9.17, 15) is 0 Å². The summed E-state index contributed by atoms with van der Waals surface area (Å²) in [4.78, 5) is 0. The first-order chi connectivity index (χ1) is 6.33. The Morgan fingerprint density at radius 2 is 2.38 bits per heavy atom. The molecule has 0 saturated carbocycles. The number of hydrogen-bond acceptors (Lipinski definition) is 2. The molecule has 0 atom stereocenters. The number of nitrogens with zero attached hydrogens (tertiary/aromatic N) is 1. The summed E-state index contributed by atoms with van der Waals surface area (Å²) in [5.74, 6) is 0. The Morgan fingerprint density at radius 3 is 3.15 bits per heavy atom. The van der Waals surface area contributed by atoms with Crippen LogP contribution in [0.25, 0.3) is 10.9 Å². The van der Waals surface area contributed by atoms with Crippen molar-refractivity contribution in [2.24, 2.45) is 0 Å². The second-order valence-electron chi connectivity index (χ2n) is 2.87. The minimum absolute atomic E-state index is 0.805. The van der Waals surface area contributed by atoms with Gasteiger partial charge in [-0.15, -0.1) is 0 Å². The van der Waals surface area contributed by atoms with Gasteiger partial charge in [-0.3, -0.25) is 5.10 Å². The number of hydrogen-bond donors (Lipinski definition) is 2. The lowest BCUT2D eigenvalue weighted by Gasteiger charge is -1.97. The minimum Gasteiger partial charge on any atom is -0.314 e. The molecular weight excluding hydrogens is 230 g/mol. The topological polar surface area (TPSA) is 40.7 Å². The van der Waals surface area contributed by atoms with Crippen LogP contribution < -0.4 is 5.32 Å². The number of aromatic amines is 1. The quantitative estimate of drug-likeness (QED) is 0.843. The normalized spacial score (nSPS) is 10.9. The molecule has 2 rings (SSSR count). The Morgan fingerprint density at radius 1 is 1.54 bits per heavy atom. The first-order valence-electron chi connectivity index (χ1n) is 4.09. The molecule has 0 spiro atoms. The third-order valence-electron chi connectivity index (χ3n) is 1.96. The highest BCUT2D eigenvalue weighted by molar-refractivity contribution is 9.10. The van der Waals surface area contributed by atoms with Crippen molar-refractivity contribution < 1.29 is 0 Å². The van der Waals surface area contributed by atoms with Gasteiger partial charge in [0.2, 0.25) is 0 Å². The smallest absolute Gasteiger partial charge is 0.0935 e. The van der Waals surface area contributed by atoms with Gasteiger partial charge in [-0.05, 0) is 19.2 Å². The molecule has 0 fully saturated rings. The van der Waals surface area contributed by atoms with Crippen molar-refractivity contribution in [3.05, 3.63) is 28.4 Å². The van der Waals surface area contributed by atoms with Crippen LogP contribution in [0, 0.1) is 0 Å². The molecule has 13 heavy (non-hydrogen) atoms. The number of benzene rings is 1. The fourth-order valence-electron chi connectivity index (χ4n) is 1.39. The van der Waals surface area contributed by atoms with E-state index in [2.05, 4.69) is 31.4 Å². The molecule has 0 saturated heterocycles. The van der Waals surface area contributed by atoms with Crippen molar-refractivity contribution in [2.75, 3.05) is 7.05 Å². The van der Waals surface area contributed by atoms with Gasteiger partial charge in [-0.1, -0.05) is 22.0 Å². The van der Waals surface area contributed by atoms with Crippen LogP contribution in [0.5, 0.6) is 0 Å². The van der Waals surface area contributed by atoms with E-state index >= 15 is 0 Å². The lowest BCUT2D eigenvalue weighted by Crippen LogP contribution is -2.05. The van der Waals surface area contributed by atoms with Crippen molar-refractivity contribution in [3.63, 3.8) is 0 Å². The van der Waals surface area contributed by atoms with Crippen LogP contribution in [-0.4, -0.2) is 17.2 Å². The maximum absolute atomic E-state index is 4.20. The van der Waals surface area contributed by atoms with E-state index in [1.807, 2.05) is 25.2 Å². The summed E-state index contributed by atoms with van der Waals surface area (Å²) in [5.41, 5.74) is 2.12. The molecule has 1 aromatic heterocycles. The zero-order valence-electron chi connectivity index (χ0n) is 7.26. The zero-order chi connectivity index (χ0) is 9.26. The monoisotopic (exact) mass is 239 g/mol. The van der Waals surface area contributed by atoms with Gasteiger partial charge in [0, 0.05) is 16.4 Å². The summed E-state index contributed by atoms with van der Waals surface area (Å²) in [6.45, 7) is 0.805. The third kappa shape index (κ3) is 1.47. The summed E-state index contributed by atoms with van der Waals surface area (Å²) in [7, 11) is 1.92. The van der Waals surface area contributed by atoms with Crippen LogP contribution in [0.1, 0.15) is 5.69 Å². The van der Waals surface area contributed by atoms with Gasteiger partial charge < -0.3 is 5.32 Å².